The lowest BCUT2D eigenvalue weighted by Gasteiger charge is -2.40. The molecule has 29 heavy (non-hydrogen) atoms. The van der Waals surface area contributed by atoms with Crippen molar-refractivity contribution in [3.8, 4) is 0 Å². The Hall–Kier alpha value is -2.43. The predicted octanol–water partition coefficient (Wildman–Crippen LogP) is 3.00. The Morgan fingerprint density at radius 2 is 1.90 bits per heavy atom. The van der Waals surface area contributed by atoms with Gasteiger partial charge in [-0.15, -0.1) is 0 Å². The molecule has 0 radical (unpaired) electrons. The molecule has 1 amide bonds. The summed E-state index contributed by atoms with van der Waals surface area (Å²) in [5.41, 5.74) is 0.779. The summed E-state index contributed by atoms with van der Waals surface area (Å²) in [6, 6.07) is 7.48. The van der Waals surface area contributed by atoms with E-state index in [1.807, 2.05) is 11.8 Å². The van der Waals surface area contributed by atoms with E-state index in [9.17, 15) is 22.2 Å². The van der Waals surface area contributed by atoms with Gasteiger partial charge in [0.05, 0.1) is 0 Å². The summed E-state index contributed by atoms with van der Waals surface area (Å²) in [4.78, 5) is 16.3. The van der Waals surface area contributed by atoms with Crippen LogP contribution in [0.25, 0.3) is 0 Å². The molecule has 3 rings (SSSR count). The van der Waals surface area contributed by atoms with Crippen molar-refractivity contribution in [2.45, 2.75) is 19.5 Å². The first-order valence-corrected chi connectivity index (χ1v) is 9.99. The Bertz CT molecular complexity index is 927. The molecule has 1 fully saturated rings. The van der Waals surface area contributed by atoms with E-state index in [1.165, 1.54) is 12.1 Å². The first-order chi connectivity index (χ1) is 13.7. The largest absolute Gasteiger partial charge is 0.333 e. The van der Waals surface area contributed by atoms with Crippen molar-refractivity contribution in [3.05, 3.63) is 65.0 Å². The first-order valence-electron chi connectivity index (χ1n) is 8.89. The van der Waals surface area contributed by atoms with E-state index in [0.29, 0.717) is 37.0 Å². The Balaban J connectivity index is 1.64. The number of anilines is 1. The highest BCUT2D eigenvalue weighted by atomic mass is 32.2. The Kier molecular flexibility index (Phi) is 6.56. The second-order valence-corrected chi connectivity index (χ2v) is 7.57. The van der Waals surface area contributed by atoms with Gasteiger partial charge in [-0.25, -0.2) is 17.4 Å². The fourth-order valence-corrected chi connectivity index (χ4v) is 3.73. The number of halogens is 3. The maximum absolute atomic E-state index is 13.9. The smallest absolute Gasteiger partial charge is 0.259 e. The van der Waals surface area contributed by atoms with Crippen molar-refractivity contribution in [1.82, 2.24) is 9.80 Å². The van der Waals surface area contributed by atoms with Crippen LogP contribution in [-0.2, 0) is 17.8 Å². The summed E-state index contributed by atoms with van der Waals surface area (Å²) in [5.74, 6) is -3.31. The third kappa shape index (κ3) is 5.14. The number of rotatable bonds is 5. The van der Waals surface area contributed by atoms with Crippen LogP contribution < -0.4 is 4.72 Å². The van der Waals surface area contributed by atoms with Gasteiger partial charge in [0.15, 0.2) is 11.6 Å². The normalized spacial score (nSPS) is 18.5. The van der Waals surface area contributed by atoms with Crippen LogP contribution in [0.15, 0.2) is 36.4 Å². The number of carbonyl (C=O) groups excluding carboxylic acids is 1. The minimum Gasteiger partial charge on any atom is -0.333 e. The number of carbonyl (C=O) groups is 1. The van der Waals surface area contributed by atoms with E-state index in [0.717, 1.165) is 6.07 Å². The van der Waals surface area contributed by atoms with Gasteiger partial charge >= 0.3 is 0 Å². The average Bonchev–Trinajstić information content (AvgIpc) is 2.65. The van der Waals surface area contributed by atoms with Crippen molar-refractivity contribution in [3.63, 3.8) is 0 Å². The number of hydrogen-bond donors (Lipinski definition) is 2. The molecule has 0 spiro atoms. The van der Waals surface area contributed by atoms with E-state index in [4.69, 9.17) is 4.55 Å². The van der Waals surface area contributed by atoms with Crippen molar-refractivity contribution >= 4 is 22.9 Å². The van der Waals surface area contributed by atoms with Crippen LogP contribution in [0.4, 0.5) is 18.9 Å². The lowest BCUT2D eigenvalue weighted by atomic mass is 10.1. The molecule has 1 saturated heterocycles. The molecule has 10 heteroatoms. The molecule has 2 N–H and O–H groups in total. The number of amides is 1. The SMILES string of the molecule is CC1CN(Cc2cc(F)cc(F)c2F)CCN1C(=O)c1ccc(NS(=O)O)cc1. The zero-order chi connectivity index (χ0) is 21.1. The van der Waals surface area contributed by atoms with E-state index >= 15 is 0 Å². The first kappa shape index (κ1) is 21.3. The van der Waals surface area contributed by atoms with E-state index in [-0.39, 0.29) is 24.1 Å². The van der Waals surface area contributed by atoms with Crippen LogP contribution in [0.1, 0.15) is 22.8 Å². The van der Waals surface area contributed by atoms with E-state index in [1.54, 1.807) is 17.0 Å². The van der Waals surface area contributed by atoms with E-state index < -0.39 is 28.7 Å². The fourth-order valence-electron chi connectivity index (χ4n) is 3.39. The third-order valence-corrected chi connectivity index (χ3v) is 5.18. The topological polar surface area (TPSA) is 72.9 Å². The third-order valence-electron chi connectivity index (χ3n) is 4.77. The van der Waals surface area contributed by atoms with Gasteiger partial charge in [0.25, 0.3) is 17.2 Å². The highest BCUT2D eigenvalue weighted by molar-refractivity contribution is 7.80. The van der Waals surface area contributed by atoms with Gasteiger partial charge in [-0.3, -0.25) is 19.0 Å². The zero-order valence-corrected chi connectivity index (χ0v) is 16.4. The second kappa shape index (κ2) is 8.93. The van der Waals surface area contributed by atoms with Crippen LogP contribution >= 0.6 is 0 Å². The summed E-state index contributed by atoms with van der Waals surface area (Å²) >= 11 is -2.19. The molecule has 1 heterocycles. The van der Waals surface area contributed by atoms with Crippen LogP contribution in [0.3, 0.4) is 0 Å². The number of piperazine rings is 1. The van der Waals surface area contributed by atoms with Gasteiger partial charge in [0.1, 0.15) is 5.82 Å². The molecule has 1 aliphatic heterocycles. The molecule has 2 atom stereocenters. The molecule has 0 aromatic heterocycles. The van der Waals surface area contributed by atoms with Crippen LogP contribution in [0.2, 0.25) is 0 Å². The zero-order valence-electron chi connectivity index (χ0n) is 15.6. The quantitative estimate of drug-likeness (QED) is 0.569. The summed E-state index contributed by atoms with van der Waals surface area (Å²) < 4.78 is 62.6. The molecule has 0 aliphatic carbocycles. The lowest BCUT2D eigenvalue weighted by Crippen LogP contribution is -2.53. The number of benzene rings is 2. The molecule has 1 aliphatic rings. The predicted molar refractivity (Wildman–Crippen MR) is 103 cm³/mol. The van der Waals surface area contributed by atoms with Crippen LogP contribution in [0, 0.1) is 17.5 Å². The second-order valence-electron chi connectivity index (χ2n) is 6.87. The lowest BCUT2D eigenvalue weighted by molar-refractivity contribution is 0.0473. The van der Waals surface area contributed by atoms with Crippen LogP contribution in [0.5, 0.6) is 0 Å². The van der Waals surface area contributed by atoms with Gasteiger partial charge in [0.2, 0.25) is 0 Å². The number of hydrogen-bond acceptors (Lipinski definition) is 3. The summed E-state index contributed by atoms with van der Waals surface area (Å²) in [5, 5.41) is 0. The monoisotopic (exact) mass is 427 g/mol. The maximum Gasteiger partial charge on any atom is 0.259 e. The van der Waals surface area contributed by atoms with Gasteiger partial charge in [0, 0.05) is 55.1 Å². The Morgan fingerprint density at radius 1 is 1.21 bits per heavy atom. The van der Waals surface area contributed by atoms with Crippen molar-refractivity contribution in [1.29, 1.82) is 0 Å². The molecule has 0 saturated carbocycles. The minimum absolute atomic E-state index is 0.0472. The molecule has 156 valence electrons. The molecular weight excluding hydrogens is 407 g/mol. The summed E-state index contributed by atoms with van der Waals surface area (Å²) in [7, 11) is 0. The highest BCUT2D eigenvalue weighted by Crippen LogP contribution is 2.20. The highest BCUT2D eigenvalue weighted by Gasteiger charge is 2.28. The van der Waals surface area contributed by atoms with Gasteiger partial charge < -0.3 is 4.90 Å². The Labute approximate surface area is 168 Å². The minimum atomic E-state index is -2.19. The molecular formula is C19H20F3N3O3S. The van der Waals surface area contributed by atoms with Crippen molar-refractivity contribution in [2.75, 3.05) is 24.4 Å². The Morgan fingerprint density at radius 3 is 2.52 bits per heavy atom. The number of nitrogens with zero attached hydrogens (tertiary/aromatic N) is 2. The van der Waals surface area contributed by atoms with Gasteiger partial charge in [-0.2, -0.15) is 0 Å². The summed E-state index contributed by atoms with van der Waals surface area (Å²) in [6.07, 6.45) is 0. The molecule has 2 aromatic carbocycles. The maximum atomic E-state index is 13.9. The fraction of sp³-hybridized carbons (Fsp3) is 0.316. The van der Waals surface area contributed by atoms with Crippen molar-refractivity contribution in [2.24, 2.45) is 0 Å². The standard InChI is InChI=1S/C19H20F3N3O3S/c1-12-10-24(11-14-8-15(20)9-17(21)18(14)22)6-7-25(12)19(26)13-2-4-16(5-3-13)23-29(27)28/h2-5,8-9,12,23H,6-7,10-11H2,1H3,(H,27,28). The molecule has 6 nitrogen and oxygen atoms in total. The van der Waals surface area contributed by atoms with Crippen LogP contribution in [-0.4, -0.2) is 50.1 Å². The molecule has 2 unspecified atom stereocenters. The van der Waals surface area contributed by atoms with Gasteiger partial charge in [-0.1, -0.05) is 0 Å². The molecule has 0 bridgehead atoms. The van der Waals surface area contributed by atoms with Gasteiger partial charge in [-0.05, 0) is 37.3 Å². The summed E-state index contributed by atoms with van der Waals surface area (Å²) in [6.45, 7) is 3.12. The average molecular weight is 427 g/mol. The van der Waals surface area contributed by atoms with Crippen molar-refractivity contribution < 1.29 is 26.7 Å². The number of nitrogens with one attached hydrogen (secondary N) is 1. The van der Waals surface area contributed by atoms with E-state index in [2.05, 4.69) is 4.72 Å². The molecule has 2 aromatic rings.